The van der Waals surface area contributed by atoms with Gasteiger partial charge in [-0.3, -0.25) is 0 Å². The highest BCUT2D eigenvalue weighted by Gasteiger charge is 2.22. The normalized spacial score (nSPS) is 13.7. The Morgan fingerprint density at radius 1 is 0.968 bits per heavy atom. The second-order valence-electron chi connectivity index (χ2n) is 7.15. The summed E-state index contributed by atoms with van der Waals surface area (Å²) >= 11 is 5.94. The van der Waals surface area contributed by atoms with E-state index in [0.29, 0.717) is 37.8 Å². The standard InChI is InChI=1S/C23H24ClN5O2/c1-2-31-20-9-7-19(8-10-20)25-23(30)29-15-13-28(14-16-29)22-12-11-21(26-27-22)17-3-5-18(24)6-4-17/h3-12H,2,13-16H2,1H3,(H,25,30). The van der Waals surface area contributed by atoms with Crippen molar-refractivity contribution >= 4 is 29.1 Å². The average molecular weight is 438 g/mol. The molecule has 1 aromatic heterocycles. The smallest absolute Gasteiger partial charge is 0.321 e. The van der Waals surface area contributed by atoms with Gasteiger partial charge in [0.05, 0.1) is 12.3 Å². The lowest BCUT2D eigenvalue weighted by Crippen LogP contribution is -2.50. The third-order valence-corrected chi connectivity index (χ3v) is 5.35. The van der Waals surface area contributed by atoms with Gasteiger partial charge in [-0.25, -0.2) is 4.79 Å². The molecule has 0 aliphatic carbocycles. The van der Waals surface area contributed by atoms with Crippen LogP contribution in [0.5, 0.6) is 5.75 Å². The minimum Gasteiger partial charge on any atom is -0.494 e. The van der Waals surface area contributed by atoms with Gasteiger partial charge >= 0.3 is 6.03 Å². The molecule has 7 nitrogen and oxygen atoms in total. The number of amides is 2. The van der Waals surface area contributed by atoms with Gasteiger partial charge in [0, 0.05) is 42.5 Å². The van der Waals surface area contributed by atoms with E-state index in [1.165, 1.54) is 0 Å². The van der Waals surface area contributed by atoms with Crippen molar-refractivity contribution in [3.05, 3.63) is 65.7 Å². The molecule has 8 heteroatoms. The molecule has 31 heavy (non-hydrogen) atoms. The summed E-state index contributed by atoms with van der Waals surface area (Å²) in [5.41, 5.74) is 2.52. The van der Waals surface area contributed by atoms with Crippen LogP contribution >= 0.6 is 11.6 Å². The van der Waals surface area contributed by atoms with Gasteiger partial charge in [0.2, 0.25) is 0 Å². The molecule has 0 spiro atoms. The molecule has 0 atom stereocenters. The minimum atomic E-state index is -0.104. The third-order valence-electron chi connectivity index (χ3n) is 5.10. The van der Waals surface area contributed by atoms with Crippen LogP contribution in [0.1, 0.15) is 6.92 Å². The Labute approximate surface area is 186 Å². The monoisotopic (exact) mass is 437 g/mol. The first-order valence-corrected chi connectivity index (χ1v) is 10.6. The summed E-state index contributed by atoms with van der Waals surface area (Å²) in [5.74, 6) is 1.60. The molecule has 4 rings (SSSR count). The number of nitrogens with one attached hydrogen (secondary N) is 1. The molecule has 1 aliphatic heterocycles. The topological polar surface area (TPSA) is 70.6 Å². The molecular weight excluding hydrogens is 414 g/mol. The SMILES string of the molecule is CCOc1ccc(NC(=O)N2CCN(c3ccc(-c4ccc(Cl)cc4)nn3)CC2)cc1. The quantitative estimate of drug-likeness (QED) is 0.634. The van der Waals surface area contributed by atoms with Crippen LogP contribution in [-0.4, -0.2) is 53.9 Å². The fraction of sp³-hybridized carbons (Fsp3) is 0.261. The van der Waals surface area contributed by atoms with Crippen molar-refractivity contribution in [1.82, 2.24) is 15.1 Å². The van der Waals surface area contributed by atoms with E-state index in [0.717, 1.165) is 28.5 Å². The van der Waals surface area contributed by atoms with Crippen LogP contribution < -0.4 is 15.0 Å². The molecule has 1 fully saturated rings. The van der Waals surface area contributed by atoms with Crippen LogP contribution in [0.4, 0.5) is 16.3 Å². The number of anilines is 2. The maximum atomic E-state index is 12.6. The number of halogens is 1. The molecule has 1 saturated heterocycles. The van der Waals surface area contributed by atoms with Gasteiger partial charge < -0.3 is 19.9 Å². The lowest BCUT2D eigenvalue weighted by molar-refractivity contribution is 0.208. The van der Waals surface area contributed by atoms with Gasteiger partial charge in [0.1, 0.15) is 5.75 Å². The van der Waals surface area contributed by atoms with Gasteiger partial charge in [-0.15, -0.1) is 10.2 Å². The molecule has 160 valence electrons. The number of carbonyl (C=O) groups is 1. The van der Waals surface area contributed by atoms with E-state index in [4.69, 9.17) is 16.3 Å². The van der Waals surface area contributed by atoms with E-state index < -0.39 is 0 Å². The Bertz CT molecular complexity index is 1000. The summed E-state index contributed by atoms with van der Waals surface area (Å²) in [4.78, 5) is 16.5. The number of carbonyl (C=O) groups excluding carboxylic acids is 1. The number of hydrogen-bond donors (Lipinski definition) is 1. The molecular formula is C23H24ClN5O2. The third kappa shape index (κ3) is 5.24. The number of aromatic nitrogens is 2. The van der Waals surface area contributed by atoms with E-state index in [1.54, 1.807) is 0 Å². The van der Waals surface area contributed by atoms with Gasteiger partial charge in [0.25, 0.3) is 0 Å². The Balaban J connectivity index is 1.30. The van der Waals surface area contributed by atoms with Crippen LogP contribution in [0.25, 0.3) is 11.3 Å². The molecule has 2 heterocycles. The Morgan fingerprint density at radius 2 is 1.68 bits per heavy atom. The second kappa shape index (κ2) is 9.66. The van der Waals surface area contributed by atoms with E-state index in [1.807, 2.05) is 72.5 Å². The Morgan fingerprint density at radius 3 is 2.29 bits per heavy atom. The van der Waals surface area contributed by atoms with E-state index in [9.17, 15) is 4.79 Å². The molecule has 2 amide bonds. The van der Waals surface area contributed by atoms with Crippen LogP contribution in [0.15, 0.2) is 60.7 Å². The van der Waals surface area contributed by atoms with Gasteiger partial charge in [-0.1, -0.05) is 23.7 Å². The number of piperazine rings is 1. The maximum absolute atomic E-state index is 12.6. The number of ether oxygens (including phenoxy) is 1. The number of benzene rings is 2. The molecule has 1 aliphatic rings. The van der Waals surface area contributed by atoms with Crippen molar-refractivity contribution in [1.29, 1.82) is 0 Å². The Hall–Kier alpha value is -3.32. The highest BCUT2D eigenvalue weighted by atomic mass is 35.5. The molecule has 0 unspecified atom stereocenters. The summed E-state index contributed by atoms with van der Waals surface area (Å²) in [7, 11) is 0. The first-order chi connectivity index (χ1) is 15.1. The van der Waals surface area contributed by atoms with Crippen LogP contribution in [0.3, 0.4) is 0 Å². The summed E-state index contributed by atoms with van der Waals surface area (Å²) in [5, 5.41) is 12.4. The first-order valence-electron chi connectivity index (χ1n) is 10.3. The minimum absolute atomic E-state index is 0.104. The summed E-state index contributed by atoms with van der Waals surface area (Å²) in [6.07, 6.45) is 0. The van der Waals surface area contributed by atoms with Gasteiger partial charge in [-0.05, 0) is 55.5 Å². The number of nitrogens with zero attached hydrogens (tertiary/aromatic N) is 4. The summed E-state index contributed by atoms with van der Waals surface area (Å²) in [6.45, 7) is 5.18. The second-order valence-corrected chi connectivity index (χ2v) is 7.58. The van der Waals surface area contributed by atoms with Gasteiger partial charge in [0.15, 0.2) is 5.82 Å². The van der Waals surface area contributed by atoms with Crippen LogP contribution in [-0.2, 0) is 0 Å². The molecule has 1 N–H and O–H groups in total. The van der Waals surface area contributed by atoms with Gasteiger partial charge in [-0.2, -0.15) is 0 Å². The van der Waals surface area contributed by atoms with E-state index in [2.05, 4.69) is 20.4 Å². The largest absolute Gasteiger partial charge is 0.494 e. The molecule has 0 saturated carbocycles. The van der Waals surface area contributed by atoms with Crippen molar-refractivity contribution in [3.63, 3.8) is 0 Å². The zero-order valence-electron chi connectivity index (χ0n) is 17.3. The predicted octanol–water partition coefficient (Wildman–Crippen LogP) is 4.55. The fourth-order valence-electron chi connectivity index (χ4n) is 3.41. The Kier molecular flexibility index (Phi) is 6.52. The maximum Gasteiger partial charge on any atom is 0.321 e. The highest BCUT2D eigenvalue weighted by Crippen LogP contribution is 2.21. The van der Waals surface area contributed by atoms with E-state index >= 15 is 0 Å². The lowest BCUT2D eigenvalue weighted by Gasteiger charge is -2.35. The molecule has 0 bridgehead atoms. The van der Waals surface area contributed by atoms with Crippen molar-refractivity contribution in [2.45, 2.75) is 6.92 Å². The summed E-state index contributed by atoms with van der Waals surface area (Å²) < 4.78 is 5.43. The first kappa shape index (κ1) is 20.9. The predicted molar refractivity (Wildman–Crippen MR) is 123 cm³/mol. The lowest BCUT2D eigenvalue weighted by atomic mass is 10.1. The zero-order chi connectivity index (χ0) is 21.6. The van der Waals surface area contributed by atoms with Crippen molar-refractivity contribution < 1.29 is 9.53 Å². The molecule has 0 radical (unpaired) electrons. The highest BCUT2D eigenvalue weighted by molar-refractivity contribution is 6.30. The fourth-order valence-corrected chi connectivity index (χ4v) is 3.54. The van der Waals surface area contributed by atoms with E-state index in [-0.39, 0.29) is 6.03 Å². The van der Waals surface area contributed by atoms with Crippen molar-refractivity contribution in [2.75, 3.05) is 43.0 Å². The number of urea groups is 1. The average Bonchev–Trinajstić information content (AvgIpc) is 2.81. The van der Waals surface area contributed by atoms with Crippen LogP contribution in [0, 0.1) is 0 Å². The van der Waals surface area contributed by atoms with Crippen molar-refractivity contribution in [3.8, 4) is 17.0 Å². The number of rotatable bonds is 5. The summed E-state index contributed by atoms with van der Waals surface area (Å²) in [6, 6.07) is 18.7. The molecule has 2 aromatic carbocycles. The number of hydrogen-bond acceptors (Lipinski definition) is 5. The van der Waals surface area contributed by atoms with Crippen LogP contribution in [0.2, 0.25) is 5.02 Å². The molecule has 3 aromatic rings. The zero-order valence-corrected chi connectivity index (χ0v) is 18.0. The van der Waals surface area contributed by atoms with Crippen molar-refractivity contribution in [2.24, 2.45) is 0 Å².